The van der Waals surface area contributed by atoms with Crippen molar-refractivity contribution in [2.24, 2.45) is 5.84 Å². The summed E-state index contributed by atoms with van der Waals surface area (Å²) in [5, 5.41) is 0. The Morgan fingerprint density at radius 3 is 2.68 bits per heavy atom. The lowest BCUT2D eigenvalue weighted by molar-refractivity contribution is 0.360. The molecule has 0 saturated carbocycles. The van der Waals surface area contributed by atoms with E-state index in [1.165, 1.54) is 0 Å². The van der Waals surface area contributed by atoms with Crippen LogP contribution in [0.1, 0.15) is 32.0 Å². The summed E-state index contributed by atoms with van der Waals surface area (Å²) in [7, 11) is 2.16. The first kappa shape index (κ1) is 14.0. The fourth-order valence-corrected chi connectivity index (χ4v) is 2.22. The van der Waals surface area contributed by atoms with Crippen molar-refractivity contribution in [1.82, 2.24) is 14.9 Å². The molecular weight excluding hydrogens is 240 g/mol. The molecule has 0 radical (unpaired) electrons. The standard InChI is InChI=1S/C13H24N6/c1-10(2)13-15-11(17-14)9-12(16-13)19-6-4-5-18(3)7-8-19/h9-10H,4-8,14H2,1-3H3,(H,15,16,17). The highest BCUT2D eigenvalue weighted by Crippen LogP contribution is 2.20. The average molecular weight is 264 g/mol. The van der Waals surface area contributed by atoms with E-state index in [9.17, 15) is 0 Å². The first-order chi connectivity index (χ1) is 9.10. The minimum Gasteiger partial charge on any atom is -0.355 e. The van der Waals surface area contributed by atoms with Crippen LogP contribution in [-0.4, -0.2) is 48.1 Å². The third kappa shape index (κ3) is 3.54. The Hall–Kier alpha value is -1.40. The van der Waals surface area contributed by atoms with Crippen molar-refractivity contribution in [2.45, 2.75) is 26.2 Å². The number of nitrogens with one attached hydrogen (secondary N) is 1. The van der Waals surface area contributed by atoms with E-state index < -0.39 is 0 Å². The molecule has 0 unspecified atom stereocenters. The fourth-order valence-electron chi connectivity index (χ4n) is 2.22. The second-order valence-electron chi connectivity index (χ2n) is 5.41. The quantitative estimate of drug-likeness (QED) is 0.627. The van der Waals surface area contributed by atoms with E-state index in [-0.39, 0.29) is 0 Å². The van der Waals surface area contributed by atoms with Crippen LogP contribution in [-0.2, 0) is 0 Å². The SMILES string of the molecule is CC(C)c1nc(NN)cc(N2CCCN(C)CC2)n1. The van der Waals surface area contributed by atoms with Crippen molar-refractivity contribution in [3.05, 3.63) is 11.9 Å². The van der Waals surface area contributed by atoms with Crippen LogP contribution in [0, 0.1) is 0 Å². The third-order valence-electron chi connectivity index (χ3n) is 3.44. The zero-order valence-corrected chi connectivity index (χ0v) is 12.1. The van der Waals surface area contributed by atoms with Gasteiger partial charge >= 0.3 is 0 Å². The van der Waals surface area contributed by atoms with E-state index >= 15 is 0 Å². The lowest BCUT2D eigenvalue weighted by Crippen LogP contribution is -2.30. The number of hydrazine groups is 1. The molecule has 1 aliphatic rings. The molecule has 1 saturated heterocycles. The molecule has 1 aliphatic heterocycles. The van der Waals surface area contributed by atoms with Crippen molar-refractivity contribution in [3.8, 4) is 0 Å². The summed E-state index contributed by atoms with van der Waals surface area (Å²) in [6.45, 7) is 8.41. The van der Waals surface area contributed by atoms with Gasteiger partial charge in [-0.2, -0.15) is 0 Å². The highest BCUT2D eigenvalue weighted by atomic mass is 15.3. The zero-order valence-electron chi connectivity index (χ0n) is 12.1. The number of nitrogens with zero attached hydrogens (tertiary/aromatic N) is 4. The summed E-state index contributed by atoms with van der Waals surface area (Å²) in [5.74, 6) is 8.29. The first-order valence-electron chi connectivity index (χ1n) is 6.89. The Bertz CT molecular complexity index is 420. The summed E-state index contributed by atoms with van der Waals surface area (Å²) in [6.07, 6.45) is 1.16. The summed E-state index contributed by atoms with van der Waals surface area (Å²) < 4.78 is 0. The molecular formula is C13H24N6. The van der Waals surface area contributed by atoms with Gasteiger partial charge < -0.3 is 15.2 Å². The Labute approximate surface area is 115 Å². The van der Waals surface area contributed by atoms with Crippen LogP contribution in [0.3, 0.4) is 0 Å². The van der Waals surface area contributed by atoms with E-state index in [1.54, 1.807) is 0 Å². The molecule has 0 amide bonds. The van der Waals surface area contributed by atoms with E-state index in [1.807, 2.05) is 6.07 Å². The minimum atomic E-state index is 0.293. The molecule has 0 aromatic carbocycles. The molecule has 0 atom stereocenters. The summed E-state index contributed by atoms with van der Waals surface area (Å²) in [4.78, 5) is 13.7. The second kappa shape index (κ2) is 6.16. The molecule has 1 fully saturated rings. The number of nitrogens with two attached hydrogens (primary N) is 1. The maximum absolute atomic E-state index is 5.50. The van der Waals surface area contributed by atoms with Crippen LogP contribution in [0.15, 0.2) is 6.07 Å². The number of aromatic nitrogens is 2. The number of rotatable bonds is 3. The third-order valence-corrected chi connectivity index (χ3v) is 3.44. The second-order valence-corrected chi connectivity index (χ2v) is 5.41. The lowest BCUT2D eigenvalue weighted by Gasteiger charge is -2.23. The van der Waals surface area contributed by atoms with E-state index in [4.69, 9.17) is 5.84 Å². The molecule has 0 spiro atoms. The van der Waals surface area contributed by atoms with Crippen molar-refractivity contribution in [3.63, 3.8) is 0 Å². The van der Waals surface area contributed by atoms with Gasteiger partial charge in [0.25, 0.3) is 0 Å². The van der Waals surface area contributed by atoms with Crippen LogP contribution in [0.25, 0.3) is 0 Å². The van der Waals surface area contributed by atoms with Crippen LogP contribution in [0.4, 0.5) is 11.6 Å². The number of hydrogen-bond donors (Lipinski definition) is 2. The smallest absolute Gasteiger partial charge is 0.145 e. The molecule has 0 aliphatic carbocycles. The van der Waals surface area contributed by atoms with Crippen LogP contribution in [0.5, 0.6) is 0 Å². The maximum atomic E-state index is 5.50. The Morgan fingerprint density at radius 2 is 2.00 bits per heavy atom. The number of hydrogen-bond acceptors (Lipinski definition) is 6. The predicted octanol–water partition coefficient (Wildman–Crippen LogP) is 1.03. The predicted molar refractivity (Wildman–Crippen MR) is 78.3 cm³/mol. The molecule has 6 nitrogen and oxygen atoms in total. The zero-order chi connectivity index (χ0) is 13.8. The topological polar surface area (TPSA) is 70.3 Å². The normalized spacial score (nSPS) is 17.6. The fraction of sp³-hybridized carbons (Fsp3) is 0.692. The molecule has 1 aromatic heterocycles. The average Bonchev–Trinajstić information content (AvgIpc) is 2.63. The van der Waals surface area contributed by atoms with Crippen LogP contribution >= 0.6 is 0 Å². The monoisotopic (exact) mass is 264 g/mol. The first-order valence-corrected chi connectivity index (χ1v) is 6.89. The molecule has 19 heavy (non-hydrogen) atoms. The van der Waals surface area contributed by atoms with Crippen molar-refractivity contribution in [1.29, 1.82) is 0 Å². The van der Waals surface area contributed by atoms with Gasteiger partial charge in [0.05, 0.1) is 0 Å². The number of nitrogen functional groups attached to an aromatic ring is 1. The molecule has 2 heterocycles. The largest absolute Gasteiger partial charge is 0.355 e. The van der Waals surface area contributed by atoms with Crippen molar-refractivity contribution < 1.29 is 0 Å². The van der Waals surface area contributed by atoms with Crippen LogP contribution < -0.4 is 16.2 Å². The molecule has 106 valence electrons. The van der Waals surface area contributed by atoms with Gasteiger partial charge in [0.2, 0.25) is 0 Å². The van der Waals surface area contributed by atoms with Gasteiger partial charge in [0.1, 0.15) is 17.5 Å². The molecule has 2 rings (SSSR count). The summed E-state index contributed by atoms with van der Waals surface area (Å²) in [5.41, 5.74) is 2.64. The van der Waals surface area contributed by atoms with Gasteiger partial charge in [-0.25, -0.2) is 15.8 Å². The molecule has 3 N–H and O–H groups in total. The van der Waals surface area contributed by atoms with Crippen molar-refractivity contribution >= 4 is 11.6 Å². The van der Waals surface area contributed by atoms with Gasteiger partial charge in [0, 0.05) is 31.6 Å². The molecule has 1 aromatic rings. The van der Waals surface area contributed by atoms with Gasteiger partial charge in [-0.3, -0.25) is 0 Å². The lowest BCUT2D eigenvalue weighted by atomic mass is 10.2. The number of anilines is 2. The van der Waals surface area contributed by atoms with Crippen molar-refractivity contribution in [2.75, 3.05) is 43.6 Å². The number of likely N-dealkylation sites (N-methyl/N-ethyl adjacent to an activating group) is 1. The highest BCUT2D eigenvalue weighted by molar-refractivity contribution is 5.49. The molecule has 6 heteroatoms. The van der Waals surface area contributed by atoms with Gasteiger partial charge in [0.15, 0.2) is 0 Å². The Balaban J connectivity index is 2.24. The van der Waals surface area contributed by atoms with E-state index in [0.29, 0.717) is 11.7 Å². The molecule has 0 bridgehead atoms. The van der Waals surface area contributed by atoms with E-state index in [2.05, 4.69) is 46.1 Å². The Morgan fingerprint density at radius 1 is 1.21 bits per heavy atom. The Kier molecular flexibility index (Phi) is 4.55. The van der Waals surface area contributed by atoms with Gasteiger partial charge in [-0.05, 0) is 20.0 Å². The summed E-state index contributed by atoms with van der Waals surface area (Å²) >= 11 is 0. The minimum absolute atomic E-state index is 0.293. The van der Waals surface area contributed by atoms with Gasteiger partial charge in [-0.15, -0.1) is 0 Å². The van der Waals surface area contributed by atoms with Crippen LogP contribution in [0.2, 0.25) is 0 Å². The van der Waals surface area contributed by atoms with E-state index in [0.717, 1.165) is 44.2 Å². The maximum Gasteiger partial charge on any atom is 0.145 e. The van der Waals surface area contributed by atoms with Gasteiger partial charge in [-0.1, -0.05) is 13.8 Å². The highest BCUT2D eigenvalue weighted by Gasteiger charge is 2.16. The summed E-state index contributed by atoms with van der Waals surface area (Å²) in [6, 6.07) is 1.93.